The third-order valence-corrected chi connectivity index (χ3v) is 4.91. The van der Waals surface area contributed by atoms with Crippen LogP contribution in [0.15, 0.2) is 36.9 Å². The Hall–Kier alpha value is -2.21. The molecule has 0 unspecified atom stereocenters. The lowest BCUT2D eigenvalue weighted by Gasteiger charge is -2.41. The molecule has 2 fully saturated rings. The average Bonchev–Trinajstić information content (AvgIpc) is 2.98. The molecule has 6 heteroatoms. The van der Waals surface area contributed by atoms with Crippen LogP contribution in [0.3, 0.4) is 0 Å². The summed E-state index contributed by atoms with van der Waals surface area (Å²) in [6.45, 7) is 4.07. The predicted molar refractivity (Wildman–Crippen MR) is 91.3 cm³/mol. The van der Waals surface area contributed by atoms with Gasteiger partial charge in [0.1, 0.15) is 17.6 Å². The molecule has 1 heterocycles. The fraction of sp³-hybridized carbons (Fsp3) is 0.474. The number of ether oxygens (including phenoxy) is 1. The first-order chi connectivity index (χ1) is 12.1. The van der Waals surface area contributed by atoms with Crippen LogP contribution < -0.4 is 5.32 Å². The maximum atomic E-state index is 13.6. The van der Waals surface area contributed by atoms with Crippen molar-refractivity contribution >= 4 is 11.8 Å². The van der Waals surface area contributed by atoms with Crippen molar-refractivity contribution < 1.29 is 18.7 Å². The van der Waals surface area contributed by atoms with Gasteiger partial charge in [-0.25, -0.2) is 4.39 Å². The molecule has 25 heavy (non-hydrogen) atoms. The van der Waals surface area contributed by atoms with E-state index in [4.69, 9.17) is 4.74 Å². The summed E-state index contributed by atoms with van der Waals surface area (Å²) in [5.41, 5.74) is -0.533. The van der Waals surface area contributed by atoms with E-state index in [0.29, 0.717) is 19.4 Å². The lowest BCUT2D eigenvalue weighted by Crippen LogP contribution is -2.56. The molecule has 1 aromatic carbocycles. The molecule has 1 saturated carbocycles. The Morgan fingerprint density at radius 2 is 2.12 bits per heavy atom. The molecule has 1 spiro atoms. The zero-order valence-electron chi connectivity index (χ0n) is 14.2. The van der Waals surface area contributed by atoms with Gasteiger partial charge in [-0.15, -0.1) is 6.58 Å². The topological polar surface area (TPSA) is 58.6 Å². The van der Waals surface area contributed by atoms with Crippen LogP contribution in [0.2, 0.25) is 0 Å². The van der Waals surface area contributed by atoms with Gasteiger partial charge in [0.2, 0.25) is 5.91 Å². The third kappa shape index (κ3) is 3.44. The summed E-state index contributed by atoms with van der Waals surface area (Å²) in [6, 6.07) is 4.85. The number of nitrogens with zero attached hydrogens (tertiary/aromatic N) is 1. The minimum atomic E-state index is -0.766. The average molecular weight is 346 g/mol. The summed E-state index contributed by atoms with van der Waals surface area (Å²) in [5, 5.41) is 2.74. The number of rotatable bonds is 4. The van der Waals surface area contributed by atoms with Crippen molar-refractivity contribution in [1.29, 1.82) is 0 Å². The highest BCUT2D eigenvalue weighted by Crippen LogP contribution is 2.41. The van der Waals surface area contributed by atoms with E-state index in [1.807, 2.05) is 0 Å². The van der Waals surface area contributed by atoms with Crippen molar-refractivity contribution in [3.05, 3.63) is 48.3 Å². The Kier molecular flexibility index (Phi) is 5.18. The summed E-state index contributed by atoms with van der Waals surface area (Å²) in [5.74, 6) is -1.11. The van der Waals surface area contributed by atoms with Gasteiger partial charge in [0.25, 0.3) is 5.91 Å². The smallest absolute Gasteiger partial charge is 0.256 e. The van der Waals surface area contributed by atoms with Crippen molar-refractivity contribution in [1.82, 2.24) is 10.2 Å². The summed E-state index contributed by atoms with van der Waals surface area (Å²) in [6.07, 6.45) is 5.93. The van der Waals surface area contributed by atoms with Gasteiger partial charge in [-0.05, 0) is 43.9 Å². The second-order valence-electron chi connectivity index (χ2n) is 6.55. The normalized spacial score (nSPS) is 22.0. The van der Waals surface area contributed by atoms with Crippen LogP contribution in [-0.4, -0.2) is 41.6 Å². The van der Waals surface area contributed by atoms with Crippen molar-refractivity contribution in [3.8, 4) is 0 Å². The summed E-state index contributed by atoms with van der Waals surface area (Å²) in [4.78, 5) is 27.2. The Morgan fingerprint density at radius 1 is 1.36 bits per heavy atom. The van der Waals surface area contributed by atoms with Gasteiger partial charge in [-0.1, -0.05) is 18.6 Å². The molecule has 2 amide bonds. The molecule has 5 nitrogen and oxygen atoms in total. The van der Waals surface area contributed by atoms with Gasteiger partial charge in [-0.2, -0.15) is 0 Å². The molecule has 1 saturated heterocycles. The molecule has 134 valence electrons. The first-order valence-electron chi connectivity index (χ1n) is 8.69. The number of carbonyl (C=O) groups is 2. The lowest BCUT2D eigenvalue weighted by molar-refractivity contribution is -0.127. The quantitative estimate of drug-likeness (QED) is 0.853. The van der Waals surface area contributed by atoms with Crippen molar-refractivity contribution in [2.24, 2.45) is 0 Å². The van der Waals surface area contributed by atoms with E-state index in [2.05, 4.69) is 11.9 Å². The minimum absolute atomic E-state index is 0.157. The first kappa shape index (κ1) is 17.6. The number of halogens is 1. The van der Waals surface area contributed by atoms with Crippen LogP contribution in [0.25, 0.3) is 0 Å². The van der Waals surface area contributed by atoms with Gasteiger partial charge < -0.3 is 10.1 Å². The zero-order valence-corrected chi connectivity index (χ0v) is 14.2. The Morgan fingerprint density at radius 3 is 2.80 bits per heavy atom. The van der Waals surface area contributed by atoms with Crippen LogP contribution >= 0.6 is 0 Å². The number of hydrogen-bond donors (Lipinski definition) is 1. The number of hydrogen-bond acceptors (Lipinski definition) is 3. The third-order valence-electron chi connectivity index (χ3n) is 4.91. The van der Waals surface area contributed by atoms with Crippen molar-refractivity contribution in [3.63, 3.8) is 0 Å². The second kappa shape index (κ2) is 7.35. The molecule has 3 rings (SSSR count). The molecule has 1 aromatic rings. The molecule has 1 atom stereocenters. The van der Waals surface area contributed by atoms with Crippen LogP contribution in [0.4, 0.5) is 4.39 Å². The summed E-state index contributed by atoms with van der Waals surface area (Å²) < 4.78 is 19.6. The maximum absolute atomic E-state index is 13.6. The van der Waals surface area contributed by atoms with Gasteiger partial charge in [0.15, 0.2) is 0 Å². The van der Waals surface area contributed by atoms with Crippen LogP contribution in [0.1, 0.15) is 42.5 Å². The number of carbonyl (C=O) groups excluding carboxylic acids is 2. The predicted octanol–water partition coefficient (Wildman–Crippen LogP) is 2.63. The van der Waals surface area contributed by atoms with Crippen LogP contribution in [-0.2, 0) is 9.53 Å². The zero-order chi connectivity index (χ0) is 17.9. The van der Waals surface area contributed by atoms with Crippen LogP contribution in [0.5, 0.6) is 0 Å². The fourth-order valence-electron chi connectivity index (χ4n) is 3.72. The number of nitrogens with one attached hydrogen (secondary N) is 1. The summed E-state index contributed by atoms with van der Waals surface area (Å²) >= 11 is 0. The largest absolute Gasteiger partial charge is 0.353 e. The fourth-order valence-corrected chi connectivity index (χ4v) is 3.72. The van der Waals surface area contributed by atoms with Gasteiger partial charge in [-0.3, -0.25) is 14.5 Å². The highest BCUT2D eigenvalue weighted by Gasteiger charge is 2.52. The number of amides is 2. The van der Waals surface area contributed by atoms with E-state index < -0.39 is 17.6 Å². The molecule has 0 aromatic heterocycles. The lowest BCUT2D eigenvalue weighted by atomic mass is 9.89. The molecule has 0 radical (unpaired) electrons. The molecule has 1 N–H and O–H groups in total. The SMILES string of the molecule is C=CCNC(=O)[C@@H]1COC2(CCCCC2)N1C(=O)c1cccc(F)c1. The molecule has 0 bridgehead atoms. The van der Waals surface area contributed by atoms with E-state index in [0.717, 1.165) is 19.3 Å². The number of benzene rings is 1. The van der Waals surface area contributed by atoms with Gasteiger partial charge in [0.05, 0.1) is 6.61 Å². The van der Waals surface area contributed by atoms with E-state index in [1.165, 1.54) is 18.2 Å². The Balaban J connectivity index is 1.93. The molecule has 1 aliphatic carbocycles. The monoisotopic (exact) mass is 346 g/mol. The Labute approximate surface area is 146 Å². The first-order valence-corrected chi connectivity index (χ1v) is 8.69. The minimum Gasteiger partial charge on any atom is -0.353 e. The Bertz CT molecular complexity index is 670. The van der Waals surface area contributed by atoms with E-state index in [-0.39, 0.29) is 24.0 Å². The van der Waals surface area contributed by atoms with Crippen molar-refractivity contribution in [2.45, 2.75) is 43.9 Å². The maximum Gasteiger partial charge on any atom is 0.256 e. The van der Waals surface area contributed by atoms with E-state index >= 15 is 0 Å². The van der Waals surface area contributed by atoms with Crippen LogP contribution in [0, 0.1) is 5.82 Å². The second-order valence-corrected chi connectivity index (χ2v) is 6.55. The molecule has 1 aliphatic heterocycles. The standard InChI is InChI=1S/C19H23FN2O3/c1-2-11-21-17(23)16-13-25-19(9-4-3-5-10-19)22(16)18(24)14-7-6-8-15(20)12-14/h2,6-8,12,16H,1,3-5,9-11,13H2,(H,21,23)/t16-/m0/s1. The molecule has 2 aliphatic rings. The summed E-state index contributed by atoms with van der Waals surface area (Å²) in [7, 11) is 0. The van der Waals surface area contributed by atoms with Gasteiger partial charge in [0, 0.05) is 12.1 Å². The van der Waals surface area contributed by atoms with E-state index in [9.17, 15) is 14.0 Å². The van der Waals surface area contributed by atoms with Crippen molar-refractivity contribution in [2.75, 3.05) is 13.2 Å². The highest BCUT2D eigenvalue weighted by atomic mass is 19.1. The molecular weight excluding hydrogens is 323 g/mol. The van der Waals surface area contributed by atoms with Gasteiger partial charge >= 0.3 is 0 Å². The van der Waals surface area contributed by atoms with E-state index in [1.54, 1.807) is 17.0 Å². The highest BCUT2D eigenvalue weighted by molar-refractivity contribution is 5.98. The molecular formula is C19H23FN2O3.